The van der Waals surface area contributed by atoms with Gasteiger partial charge in [0, 0.05) is 12.4 Å². The molecule has 3 saturated carbocycles. The van der Waals surface area contributed by atoms with Gasteiger partial charge in [-0.1, -0.05) is 41.4 Å². The number of hydrogen-bond acceptors (Lipinski definition) is 1. The summed E-state index contributed by atoms with van der Waals surface area (Å²) in [5.74, 6) is 3.77. The molecule has 0 amide bonds. The summed E-state index contributed by atoms with van der Waals surface area (Å²) < 4.78 is 5.69. The zero-order valence-corrected chi connectivity index (χ0v) is 16.7. The van der Waals surface area contributed by atoms with E-state index >= 15 is 0 Å². The Balaban J connectivity index is 1.63. The first-order valence-corrected chi connectivity index (χ1v) is 10.9. The van der Waals surface area contributed by atoms with Crippen molar-refractivity contribution < 1.29 is 4.74 Å². The highest BCUT2D eigenvalue weighted by molar-refractivity contribution is 9.09. The first-order chi connectivity index (χ1) is 11.0. The highest BCUT2D eigenvalue weighted by Crippen LogP contribution is 2.66. The third-order valence-corrected chi connectivity index (χ3v) is 9.56. The normalized spacial score (nSPS) is 52.3. The molecule has 0 bridgehead atoms. The Hall–Kier alpha value is 0.180. The van der Waals surface area contributed by atoms with Crippen molar-refractivity contribution in [3.05, 3.63) is 11.6 Å². The minimum Gasteiger partial charge on any atom is -0.381 e. The van der Waals surface area contributed by atoms with Gasteiger partial charge in [-0.25, -0.2) is 0 Å². The molecule has 0 aliphatic heterocycles. The van der Waals surface area contributed by atoms with E-state index in [0.717, 1.165) is 23.7 Å². The van der Waals surface area contributed by atoms with Crippen molar-refractivity contribution >= 4 is 15.9 Å². The SMILES string of the molecule is CO[C@H]1CC[C@@]2(C)C(=CC[C@@H]3[C@H]4CC[C@@H](CBr)[C@]4(C)CC[C@H]32)C1. The minimum atomic E-state index is 0.476. The van der Waals surface area contributed by atoms with Gasteiger partial charge in [0.2, 0.25) is 0 Å². The van der Waals surface area contributed by atoms with Gasteiger partial charge in [0.15, 0.2) is 0 Å². The van der Waals surface area contributed by atoms with Gasteiger partial charge in [0.1, 0.15) is 0 Å². The molecule has 4 aliphatic carbocycles. The average molecular weight is 381 g/mol. The van der Waals surface area contributed by atoms with E-state index in [1.54, 1.807) is 5.57 Å². The number of alkyl halides is 1. The van der Waals surface area contributed by atoms with Crippen LogP contribution in [0.5, 0.6) is 0 Å². The van der Waals surface area contributed by atoms with Crippen LogP contribution in [-0.2, 0) is 4.74 Å². The summed E-state index contributed by atoms with van der Waals surface area (Å²) in [6, 6.07) is 0. The second-order valence-electron chi connectivity index (χ2n) is 9.33. The van der Waals surface area contributed by atoms with Crippen LogP contribution in [0.1, 0.15) is 65.2 Å². The molecule has 0 aromatic rings. The number of rotatable bonds is 2. The largest absolute Gasteiger partial charge is 0.381 e. The fourth-order valence-corrected chi connectivity index (χ4v) is 8.25. The number of methoxy groups -OCH3 is 1. The molecule has 130 valence electrons. The first kappa shape index (κ1) is 16.6. The molecule has 0 aromatic heterocycles. The van der Waals surface area contributed by atoms with Crippen molar-refractivity contribution in [3.8, 4) is 0 Å². The van der Waals surface area contributed by atoms with E-state index in [-0.39, 0.29) is 0 Å². The molecule has 23 heavy (non-hydrogen) atoms. The molecule has 3 fully saturated rings. The van der Waals surface area contributed by atoms with Gasteiger partial charge in [-0.2, -0.15) is 0 Å². The summed E-state index contributed by atoms with van der Waals surface area (Å²) in [7, 11) is 1.89. The molecule has 2 heteroatoms. The minimum absolute atomic E-state index is 0.476. The van der Waals surface area contributed by atoms with Crippen LogP contribution in [0.2, 0.25) is 0 Å². The predicted molar refractivity (Wildman–Crippen MR) is 99.8 cm³/mol. The molecule has 0 aromatic carbocycles. The standard InChI is InChI=1S/C21H33BrO/c1-20-10-8-16(23-3)12-14(20)4-6-17-18-7-5-15(13-22)21(18,2)11-9-19(17)20/h4,15-19H,5-13H2,1-3H3/t15-,16-,17+,18+,19+,20-,21-/m0/s1. The maximum absolute atomic E-state index is 5.69. The predicted octanol–water partition coefficient (Wildman–Crippen LogP) is 5.98. The molecule has 0 heterocycles. The highest BCUT2D eigenvalue weighted by atomic mass is 79.9. The third-order valence-electron chi connectivity index (χ3n) is 8.77. The molecule has 0 saturated heterocycles. The summed E-state index contributed by atoms with van der Waals surface area (Å²) in [6.07, 6.45) is 14.1. The molecule has 1 nitrogen and oxygen atoms in total. The number of allylic oxidation sites excluding steroid dienone is 1. The van der Waals surface area contributed by atoms with Gasteiger partial charge in [0.05, 0.1) is 6.10 Å². The van der Waals surface area contributed by atoms with Crippen LogP contribution in [0.25, 0.3) is 0 Å². The Morgan fingerprint density at radius 2 is 1.96 bits per heavy atom. The van der Waals surface area contributed by atoms with Crippen molar-refractivity contribution in [2.24, 2.45) is 34.5 Å². The van der Waals surface area contributed by atoms with Gasteiger partial charge < -0.3 is 4.74 Å². The van der Waals surface area contributed by atoms with Crippen LogP contribution in [0, 0.1) is 34.5 Å². The number of hydrogen-bond donors (Lipinski definition) is 0. The lowest BCUT2D eigenvalue weighted by atomic mass is 9.47. The fourth-order valence-electron chi connectivity index (χ4n) is 7.19. The van der Waals surface area contributed by atoms with Gasteiger partial charge in [0.25, 0.3) is 0 Å². The maximum Gasteiger partial charge on any atom is 0.0608 e. The highest BCUT2D eigenvalue weighted by Gasteiger charge is 2.58. The van der Waals surface area contributed by atoms with E-state index in [4.69, 9.17) is 4.74 Å². The van der Waals surface area contributed by atoms with Crippen molar-refractivity contribution in [3.63, 3.8) is 0 Å². The van der Waals surface area contributed by atoms with E-state index < -0.39 is 0 Å². The smallest absolute Gasteiger partial charge is 0.0608 e. The second-order valence-corrected chi connectivity index (χ2v) is 9.98. The lowest BCUT2D eigenvalue weighted by molar-refractivity contribution is -0.0504. The zero-order chi connectivity index (χ0) is 16.2. The van der Waals surface area contributed by atoms with Crippen molar-refractivity contribution in [2.45, 2.75) is 71.3 Å². The van der Waals surface area contributed by atoms with Gasteiger partial charge in [-0.05, 0) is 85.9 Å². The molecule has 0 spiro atoms. The van der Waals surface area contributed by atoms with E-state index in [1.807, 2.05) is 7.11 Å². The molecule has 4 aliphatic rings. The molecule has 7 atom stereocenters. The van der Waals surface area contributed by atoms with Crippen LogP contribution in [0.4, 0.5) is 0 Å². The zero-order valence-electron chi connectivity index (χ0n) is 15.1. The lowest BCUT2D eigenvalue weighted by Gasteiger charge is -2.58. The first-order valence-electron chi connectivity index (χ1n) is 9.81. The Morgan fingerprint density at radius 1 is 1.13 bits per heavy atom. The topological polar surface area (TPSA) is 9.23 Å². The molecule has 0 N–H and O–H groups in total. The van der Waals surface area contributed by atoms with Crippen LogP contribution in [0.15, 0.2) is 11.6 Å². The monoisotopic (exact) mass is 380 g/mol. The molecular weight excluding hydrogens is 348 g/mol. The summed E-state index contributed by atoms with van der Waals surface area (Å²) >= 11 is 3.82. The lowest BCUT2D eigenvalue weighted by Crippen LogP contribution is -2.50. The Kier molecular flexibility index (Phi) is 4.24. The van der Waals surface area contributed by atoms with Crippen LogP contribution >= 0.6 is 15.9 Å². The number of halogens is 1. The molecular formula is C21H33BrO. The Labute approximate surface area is 150 Å². The van der Waals surface area contributed by atoms with E-state index in [0.29, 0.717) is 16.9 Å². The maximum atomic E-state index is 5.69. The number of fused-ring (bicyclic) bond motifs is 5. The quantitative estimate of drug-likeness (QED) is 0.423. The summed E-state index contributed by atoms with van der Waals surface area (Å²) in [6.45, 7) is 5.22. The Morgan fingerprint density at radius 3 is 2.70 bits per heavy atom. The van der Waals surface area contributed by atoms with Gasteiger partial charge in [-0.3, -0.25) is 0 Å². The van der Waals surface area contributed by atoms with Gasteiger partial charge >= 0.3 is 0 Å². The van der Waals surface area contributed by atoms with E-state index in [1.165, 1.54) is 56.7 Å². The molecule has 4 rings (SSSR count). The summed E-state index contributed by atoms with van der Waals surface area (Å²) in [5, 5.41) is 1.21. The fraction of sp³-hybridized carbons (Fsp3) is 0.905. The van der Waals surface area contributed by atoms with Gasteiger partial charge in [-0.15, -0.1) is 0 Å². The summed E-state index contributed by atoms with van der Waals surface area (Å²) in [5.41, 5.74) is 2.83. The van der Waals surface area contributed by atoms with Crippen LogP contribution in [-0.4, -0.2) is 18.5 Å². The van der Waals surface area contributed by atoms with E-state index in [2.05, 4.69) is 35.9 Å². The van der Waals surface area contributed by atoms with Crippen molar-refractivity contribution in [1.82, 2.24) is 0 Å². The van der Waals surface area contributed by atoms with E-state index in [9.17, 15) is 0 Å². The Bertz CT molecular complexity index is 500. The molecule has 0 unspecified atom stereocenters. The molecule has 0 radical (unpaired) electrons. The third kappa shape index (κ3) is 2.34. The summed E-state index contributed by atoms with van der Waals surface area (Å²) in [4.78, 5) is 0. The van der Waals surface area contributed by atoms with Crippen molar-refractivity contribution in [2.75, 3.05) is 12.4 Å². The average Bonchev–Trinajstić information content (AvgIpc) is 2.90. The van der Waals surface area contributed by atoms with Crippen molar-refractivity contribution in [1.29, 1.82) is 0 Å². The second kappa shape index (κ2) is 5.87. The van der Waals surface area contributed by atoms with Crippen LogP contribution in [0.3, 0.4) is 0 Å². The number of ether oxygens (including phenoxy) is 1. The van der Waals surface area contributed by atoms with Crippen LogP contribution < -0.4 is 0 Å².